The summed E-state index contributed by atoms with van der Waals surface area (Å²) < 4.78 is 0. The van der Waals surface area contributed by atoms with Crippen LogP contribution in [0.2, 0.25) is 0 Å². The third-order valence-electron chi connectivity index (χ3n) is 2.12. The zero-order valence-corrected chi connectivity index (χ0v) is 11.1. The lowest BCUT2D eigenvalue weighted by Gasteiger charge is -2.07. The molecule has 0 aromatic heterocycles. The quantitative estimate of drug-likeness (QED) is 0.486. The molecule has 1 aromatic carbocycles. The summed E-state index contributed by atoms with van der Waals surface area (Å²) in [7, 11) is 0. The molecule has 0 aliphatic rings. The smallest absolute Gasteiger partial charge is 0.221 e. The molecule has 96 valence electrons. The van der Waals surface area contributed by atoms with Gasteiger partial charge < -0.3 is 10.6 Å². The monoisotopic (exact) mass is 245 g/mol. The number of hydrogen-bond acceptors (Lipinski definition) is 2. The van der Waals surface area contributed by atoms with Crippen molar-refractivity contribution in [3.8, 4) is 0 Å². The van der Waals surface area contributed by atoms with Crippen molar-refractivity contribution in [2.75, 3.05) is 17.2 Å². The van der Waals surface area contributed by atoms with Crippen molar-refractivity contribution in [1.29, 1.82) is 0 Å². The van der Waals surface area contributed by atoms with Crippen LogP contribution in [-0.4, -0.2) is 18.3 Å². The van der Waals surface area contributed by atoms with E-state index >= 15 is 0 Å². The third-order valence-corrected chi connectivity index (χ3v) is 2.12. The van der Waals surface area contributed by atoms with Crippen molar-refractivity contribution < 1.29 is 4.79 Å². The van der Waals surface area contributed by atoms with Gasteiger partial charge in [0.2, 0.25) is 5.91 Å². The van der Waals surface area contributed by atoms with E-state index in [0.717, 1.165) is 22.8 Å². The number of carbonyl (C=O) groups excluding carboxylic acids is 1. The molecule has 0 saturated heterocycles. The van der Waals surface area contributed by atoms with Gasteiger partial charge in [0.05, 0.1) is 12.4 Å². The molecule has 1 amide bonds. The maximum Gasteiger partial charge on any atom is 0.221 e. The van der Waals surface area contributed by atoms with Crippen molar-refractivity contribution in [3.63, 3.8) is 0 Å². The van der Waals surface area contributed by atoms with Gasteiger partial charge in [-0.25, -0.2) is 0 Å². The fraction of sp³-hybridized carbons (Fsp3) is 0.286. The Morgan fingerprint density at radius 1 is 1.11 bits per heavy atom. The Morgan fingerprint density at radius 3 is 2.06 bits per heavy atom. The Morgan fingerprint density at radius 2 is 1.61 bits per heavy atom. The topological polar surface area (TPSA) is 53.5 Å². The average molecular weight is 245 g/mol. The standard InChI is InChI=1S/C14H19N3O/c1-10(2)9-15-11(3)16-13-5-7-14(8-6-13)17-12(4)18/h5-8H,1,9H2,2-4H3,(H,15,16)(H,17,18). The molecule has 0 unspecified atom stereocenters. The molecular weight excluding hydrogens is 226 g/mol. The highest BCUT2D eigenvalue weighted by molar-refractivity contribution is 5.94. The first-order valence-corrected chi connectivity index (χ1v) is 5.77. The van der Waals surface area contributed by atoms with E-state index in [-0.39, 0.29) is 5.91 Å². The van der Waals surface area contributed by atoms with Crippen molar-refractivity contribution in [3.05, 3.63) is 36.4 Å². The molecule has 4 nitrogen and oxygen atoms in total. The van der Waals surface area contributed by atoms with Crippen LogP contribution in [0.4, 0.5) is 11.4 Å². The molecule has 1 aromatic rings. The number of nitrogens with zero attached hydrogens (tertiary/aromatic N) is 1. The SMILES string of the molecule is C=C(C)CN=C(C)Nc1ccc(NC(C)=O)cc1. The Hall–Kier alpha value is -2.10. The number of nitrogens with one attached hydrogen (secondary N) is 2. The van der Waals surface area contributed by atoms with E-state index in [4.69, 9.17) is 0 Å². The molecule has 0 fully saturated rings. The number of benzene rings is 1. The number of hydrogen-bond donors (Lipinski definition) is 2. The Kier molecular flexibility index (Phi) is 5.11. The molecule has 0 aliphatic carbocycles. The highest BCUT2D eigenvalue weighted by Crippen LogP contribution is 2.13. The van der Waals surface area contributed by atoms with Gasteiger partial charge in [-0.15, -0.1) is 0 Å². The number of amides is 1. The summed E-state index contributed by atoms with van der Waals surface area (Å²) in [6.45, 7) is 9.76. The molecule has 18 heavy (non-hydrogen) atoms. The fourth-order valence-electron chi connectivity index (χ4n) is 1.34. The zero-order valence-electron chi connectivity index (χ0n) is 11.1. The molecule has 0 bridgehead atoms. The molecule has 0 spiro atoms. The Bertz CT molecular complexity index is 460. The lowest BCUT2D eigenvalue weighted by Crippen LogP contribution is -2.09. The lowest BCUT2D eigenvalue weighted by atomic mass is 10.2. The van der Waals surface area contributed by atoms with E-state index < -0.39 is 0 Å². The largest absolute Gasteiger partial charge is 0.344 e. The van der Waals surface area contributed by atoms with Crippen molar-refractivity contribution >= 4 is 23.1 Å². The maximum atomic E-state index is 10.9. The molecular formula is C14H19N3O. The minimum atomic E-state index is -0.0742. The first-order chi connectivity index (χ1) is 8.47. The van der Waals surface area contributed by atoms with Gasteiger partial charge in [0, 0.05) is 18.3 Å². The third kappa shape index (κ3) is 5.30. The van der Waals surface area contributed by atoms with Crippen LogP contribution in [0.5, 0.6) is 0 Å². The summed E-state index contributed by atoms with van der Waals surface area (Å²) in [6.07, 6.45) is 0. The first-order valence-electron chi connectivity index (χ1n) is 5.77. The van der Waals surface area contributed by atoms with Crippen LogP contribution >= 0.6 is 0 Å². The highest BCUT2D eigenvalue weighted by Gasteiger charge is 1.97. The van der Waals surface area contributed by atoms with Crippen molar-refractivity contribution in [2.45, 2.75) is 20.8 Å². The number of anilines is 2. The summed E-state index contributed by atoms with van der Waals surface area (Å²) in [6, 6.07) is 7.47. The predicted molar refractivity (Wildman–Crippen MR) is 77.2 cm³/mol. The van der Waals surface area contributed by atoms with E-state index in [0.29, 0.717) is 6.54 Å². The van der Waals surface area contributed by atoms with Crippen molar-refractivity contribution in [2.24, 2.45) is 4.99 Å². The van der Waals surface area contributed by atoms with Gasteiger partial charge in [-0.3, -0.25) is 9.79 Å². The summed E-state index contributed by atoms with van der Waals surface area (Å²) in [5.74, 6) is 0.764. The van der Waals surface area contributed by atoms with Crippen LogP contribution in [0.25, 0.3) is 0 Å². The normalized spacial score (nSPS) is 10.9. The maximum absolute atomic E-state index is 10.9. The second-order valence-electron chi connectivity index (χ2n) is 4.24. The molecule has 0 atom stereocenters. The summed E-state index contributed by atoms with van der Waals surface area (Å²) >= 11 is 0. The molecule has 0 radical (unpaired) electrons. The minimum Gasteiger partial charge on any atom is -0.344 e. The number of aliphatic imine (C=N–C) groups is 1. The van der Waals surface area contributed by atoms with Crippen LogP contribution in [0.1, 0.15) is 20.8 Å². The zero-order chi connectivity index (χ0) is 13.5. The van der Waals surface area contributed by atoms with E-state index in [1.807, 2.05) is 38.1 Å². The van der Waals surface area contributed by atoms with Crippen LogP contribution in [-0.2, 0) is 4.79 Å². The Balaban J connectivity index is 2.60. The highest BCUT2D eigenvalue weighted by atomic mass is 16.1. The first kappa shape index (κ1) is 14.0. The van der Waals surface area contributed by atoms with Gasteiger partial charge in [-0.1, -0.05) is 12.2 Å². The van der Waals surface area contributed by atoms with E-state index in [9.17, 15) is 4.79 Å². The van der Waals surface area contributed by atoms with Crippen LogP contribution < -0.4 is 10.6 Å². The Labute approximate surface area is 108 Å². The predicted octanol–water partition coefficient (Wildman–Crippen LogP) is 3.05. The minimum absolute atomic E-state index is 0.0742. The molecule has 0 heterocycles. The van der Waals surface area contributed by atoms with Gasteiger partial charge in [0.25, 0.3) is 0 Å². The summed E-state index contributed by atoms with van der Waals surface area (Å²) in [4.78, 5) is 15.2. The van der Waals surface area contributed by atoms with E-state index in [2.05, 4.69) is 22.2 Å². The van der Waals surface area contributed by atoms with Crippen LogP contribution in [0.15, 0.2) is 41.4 Å². The van der Waals surface area contributed by atoms with Gasteiger partial charge in [0.1, 0.15) is 0 Å². The second-order valence-corrected chi connectivity index (χ2v) is 4.24. The molecule has 1 rings (SSSR count). The van der Waals surface area contributed by atoms with Gasteiger partial charge >= 0.3 is 0 Å². The van der Waals surface area contributed by atoms with E-state index in [1.165, 1.54) is 6.92 Å². The van der Waals surface area contributed by atoms with Gasteiger partial charge in [-0.2, -0.15) is 0 Å². The second kappa shape index (κ2) is 6.59. The van der Waals surface area contributed by atoms with Crippen molar-refractivity contribution in [1.82, 2.24) is 0 Å². The molecule has 4 heteroatoms. The molecule has 0 saturated carbocycles. The van der Waals surface area contributed by atoms with Crippen LogP contribution in [0.3, 0.4) is 0 Å². The van der Waals surface area contributed by atoms with Crippen LogP contribution in [0, 0.1) is 0 Å². The molecule has 0 aliphatic heterocycles. The van der Waals surface area contributed by atoms with Gasteiger partial charge in [0.15, 0.2) is 0 Å². The summed E-state index contributed by atoms with van der Waals surface area (Å²) in [5.41, 5.74) is 2.74. The lowest BCUT2D eigenvalue weighted by molar-refractivity contribution is -0.114. The molecule has 2 N–H and O–H groups in total. The fourth-order valence-corrected chi connectivity index (χ4v) is 1.34. The van der Waals surface area contributed by atoms with E-state index in [1.54, 1.807) is 0 Å². The summed E-state index contributed by atoms with van der Waals surface area (Å²) in [5, 5.41) is 5.89. The average Bonchev–Trinajstić information content (AvgIpc) is 2.28. The number of amidine groups is 1. The number of carbonyl (C=O) groups is 1. The number of rotatable bonds is 4. The van der Waals surface area contributed by atoms with Gasteiger partial charge in [-0.05, 0) is 38.1 Å².